The number of hydrogen-bond acceptors (Lipinski definition) is 3. The fraction of sp³-hybridized carbons (Fsp3) is 0.263. The highest BCUT2D eigenvalue weighted by Crippen LogP contribution is 2.48. The van der Waals surface area contributed by atoms with Gasteiger partial charge in [-0.15, -0.1) is 0 Å². The van der Waals surface area contributed by atoms with Crippen LogP contribution in [-0.4, -0.2) is 28.8 Å². The number of rotatable bonds is 4. The van der Waals surface area contributed by atoms with Gasteiger partial charge in [0.05, 0.1) is 0 Å². The summed E-state index contributed by atoms with van der Waals surface area (Å²) in [6.45, 7) is 0.0579. The van der Waals surface area contributed by atoms with E-state index in [0.717, 1.165) is 11.1 Å². The summed E-state index contributed by atoms with van der Waals surface area (Å²) in [7, 11) is 0. The van der Waals surface area contributed by atoms with Crippen molar-refractivity contribution >= 4 is 11.9 Å². The van der Waals surface area contributed by atoms with Crippen molar-refractivity contribution in [2.45, 2.75) is 18.4 Å². The molecule has 5 nitrogen and oxygen atoms in total. The van der Waals surface area contributed by atoms with Gasteiger partial charge in [-0.25, -0.2) is 0 Å². The van der Waals surface area contributed by atoms with E-state index in [-0.39, 0.29) is 19.4 Å². The molecule has 0 amide bonds. The summed E-state index contributed by atoms with van der Waals surface area (Å²) in [5.74, 6) is -2.65. The fourth-order valence-corrected chi connectivity index (χ4v) is 3.37. The van der Waals surface area contributed by atoms with Gasteiger partial charge in [-0.05, 0) is 17.5 Å². The lowest BCUT2D eigenvalue weighted by Gasteiger charge is -2.44. The molecule has 2 aromatic rings. The van der Waals surface area contributed by atoms with Crippen molar-refractivity contribution < 1.29 is 24.5 Å². The number of hydrogen-bond donors (Lipinski definition) is 2. The SMILES string of the molecule is O=C(O)C1(C(=O)O)CCOC(c2ccccc2)(c2ccccc2)C1. The molecule has 0 bridgehead atoms. The Morgan fingerprint density at radius 1 is 0.833 bits per heavy atom. The zero-order valence-corrected chi connectivity index (χ0v) is 13.0. The Balaban J connectivity index is 2.20. The van der Waals surface area contributed by atoms with Gasteiger partial charge in [0.1, 0.15) is 5.60 Å². The summed E-state index contributed by atoms with van der Waals surface area (Å²) in [5, 5.41) is 19.3. The predicted molar refractivity (Wildman–Crippen MR) is 86.6 cm³/mol. The number of aliphatic carboxylic acids is 2. The molecule has 0 aliphatic carbocycles. The van der Waals surface area contributed by atoms with Crippen LogP contribution in [0, 0.1) is 5.41 Å². The van der Waals surface area contributed by atoms with E-state index in [4.69, 9.17) is 4.74 Å². The van der Waals surface area contributed by atoms with Crippen LogP contribution < -0.4 is 0 Å². The van der Waals surface area contributed by atoms with Crippen LogP contribution in [0.3, 0.4) is 0 Å². The summed E-state index contributed by atoms with van der Waals surface area (Å²) in [6, 6.07) is 18.4. The molecule has 2 aromatic carbocycles. The highest BCUT2D eigenvalue weighted by molar-refractivity contribution is 5.98. The van der Waals surface area contributed by atoms with Crippen LogP contribution in [0.25, 0.3) is 0 Å². The number of carbonyl (C=O) groups is 2. The van der Waals surface area contributed by atoms with Crippen molar-refractivity contribution in [3.63, 3.8) is 0 Å². The van der Waals surface area contributed by atoms with Crippen LogP contribution in [-0.2, 0) is 19.9 Å². The quantitative estimate of drug-likeness (QED) is 0.844. The first kappa shape index (κ1) is 16.2. The number of carboxylic acids is 2. The second-order valence-electron chi connectivity index (χ2n) is 6.03. The normalized spacial score (nSPS) is 18.7. The van der Waals surface area contributed by atoms with Gasteiger partial charge in [0.2, 0.25) is 0 Å². The molecule has 0 radical (unpaired) electrons. The van der Waals surface area contributed by atoms with Gasteiger partial charge in [-0.1, -0.05) is 60.7 Å². The lowest BCUT2D eigenvalue weighted by molar-refractivity contribution is -0.183. The van der Waals surface area contributed by atoms with Gasteiger partial charge in [-0.2, -0.15) is 0 Å². The maximum atomic E-state index is 11.8. The van der Waals surface area contributed by atoms with E-state index in [0.29, 0.717) is 0 Å². The van der Waals surface area contributed by atoms with Crippen molar-refractivity contribution in [2.24, 2.45) is 5.41 Å². The summed E-state index contributed by atoms with van der Waals surface area (Å²) < 4.78 is 6.07. The van der Waals surface area contributed by atoms with Crippen molar-refractivity contribution in [3.05, 3.63) is 71.8 Å². The van der Waals surface area contributed by atoms with E-state index >= 15 is 0 Å². The van der Waals surface area contributed by atoms with Gasteiger partial charge in [0, 0.05) is 13.0 Å². The first-order chi connectivity index (χ1) is 11.5. The smallest absolute Gasteiger partial charge is 0.321 e. The minimum atomic E-state index is -1.87. The highest BCUT2D eigenvalue weighted by Gasteiger charge is 2.56. The Bertz CT molecular complexity index is 685. The zero-order chi connectivity index (χ0) is 17.2. The minimum absolute atomic E-state index is 0.0565. The molecule has 24 heavy (non-hydrogen) atoms. The van der Waals surface area contributed by atoms with E-state index in [1.54, 1.807) is 0 Å². The molecule has 1 heterocycles. The minimum Gasteiger partial charge on any atom is -0.480 e. The molecular formula is C19H18O5. The molecule has 124 valence electrons. The Morgan fingerprint density at radius 2 is 1.29 bits per heavy atom. The van der Waals surface area contributed by atoms with Gasteiger partial charge in [-0.3, -0.25) is 9.59 Å². The van der Waals surface area contributed by atoms with E-state index in [1.165, 1.54) is 0 Å². The fourth-order valence-electron chi connectivity index (χ4n) is 3.37. The van der Waals surface area contributed by atoms with Gasteiger partial charge >= 0.3 is 11.9 Å². The third-order valence-electron chi connectivity index (χ3n) is 4.73. The van der Waals surface area contributed by atoms with Crippen molar-refractivity contribution in [1.29, 1.82) is 0 Å². The molecule has 1 aliphatic heterocycles. The molecule has 3 rings (SSSR count). The molecule has 0 saturated carbocycles. The maximum absolute atomic E-state index is 11.8. The average Bonchev–Trinajstić information content (AvgIpc) is 2.63. The van der Waals surface area contributed by atoms with E-state index in [9.17, 15) is 19.8 Å². The summed E-state index contributed by atoms with van der Waals surface area (Å²) >= 11 is 0. The number of benzene rings is 2. The molecule has 2 N–H and O–H groups in total. The largest absolute Gasteiger partial charge is 0.480 e. The van der Waals surface area contributed by atoms with Gasteiger partial charge in [0.15, 0.2) is 5.41 Å². The second kappa shape index (κ2) is 6.09. The maximum Gasteiger partial charge on any atom is 0.321 e. The zero-order valence-electron chi connectivity index (χ0n) is 13.0. The first-order valence-electron chi connectivity index (χ1n) is 7.73. The first-order valence-corrected chi connectivity index (χ1v) is 7.73. The lowest BCUT2D eigenvalue weighted by Crippen LogP contribution is -2.51. The Morgan fingerprint density at radius 3 is 1.71 bits per heavy atom. The van der Waals surface area contributed by atoms with E-state index in [2.05, 4.69) is 0 Å². The average molecular weight is 326 g/mol. The highest BCUT2D eigenvalue weighted by atomic mass is 16.5. The molecule has 0 unspecified atom stereocenters. The van der Waals surface area contributed by atoms with Gasteiger partial charge in [0.25, 0.3) is 0 Å². The molecule has 0 atom stereocenters. The Kier molecular flexibility index (Phi) is 4.11. The van der Waals surface area contributed by atoms with E-state index < -0.39 is 23.0 Å². The van der Waals surface area contributed by atoms with E-state index in [1.807, 2.05) is 60.7 Å². The van der Waals surface area contributed by atoms with Crippen molar-refractivity contribution in [2.75, 3.05) is 6.61 Å². The number of ether oxygens (including phenoxy) is 1. The van der Waals surface area contributed by atoms with Crippen LogP contribution in [0.5, 0.6) is 0 Å². The lowest BCUT2D eigenvalue weighted by atomic mass is 9.68. The summed E-state index contributed by atoms with van der Waals surface area (Å²) in [4.78, 5) is 23.7. The third kappa shape index (κ3) is 2.47. The van der Waals surface area contributed by atoms with Crippen LogP contribution >= 0.6 is 0 Å². The molecule has 0 aromatic heterocycles. The second-order valence-corrected chi connectivity index (χ2v) is 6.03. The van der Waals surface area contributed by atoms with Crippen LogP contribution in [0.4, 0.5) is 0 Å². The monoisotopic (exact) mass is 326 g/mol. The Hall–Kier alpha value is -2.66. The molecular weight excluding hydrogens is 308 g/mol. The molecule has 1 fully saturated rings. The van der Waals surface area contributed by atoms with Crippen LogP contribution in [0.2, 0.25) is 0 Å². The number of carboxylic acid groups (broad SMARTS) is 2. The van der Waals surface area contributed by atoms with Crippen molar-refractivity contribution in [3.8, 4) is 0 Å². The summed E-state index contributed by atoms with van der Waals surface area (Å²) in [6.07, 6.45) is -0.211. The summed E-state index contributed by atoms with van der Waals surface area (Å²) in [5.41, 5.74) is -1.47. The molecule has 1 aliphatic rings. The van der Waals surface area contributed by atoms with Crippen LogP contribution in [0.15, 0.2) is 60.7 Å². The molecule has 5 heteroatoms. The third-order valence-corrected chi connectivity index (χ3v) is 4.73. The topological polar surface area (TPSA) is 83.8 Å². The van der Waals surface area contributed by atoms with Crippen molar-refractivity contribution in [1.82, 2.24) is 0 Å². The predicted octanol–water partition coefficient (Wildman–Crippen LogP) is 2.90. The standard InChI is InChI=1S/C19H18O5/c20-16(21)18(17(22)23)11-12-24-19(13-18,14-7-3-1-4-8-14)15-9-5-2-6-10-15/h1-10H,11-13H2,(H,20,21)(H,22,23). The molecule has 1 saturated heterocycles. The van der Waals surface area contributed by atoms with Gasteiger partial charge < -0.3 is 14.9 Å². The molecule has 0 spiro atoms. The Labute approximate surface area is 139 Å². The van der Waals surface area contributed by atoms with Crippen LogP contribution in [0.1, 0.15) is 24.0 Å².